The lowest BCUT2D eigenvalue weighted by molar-refractivity contribution is -0.121. The van der Waals surface area contributed by atoms with Crippen molar-refractivity contribution in [3.05, 3.63) is 10.6 Å². The Balaban J connectivity index is 2.52. The van der Waals surface area contributed by atoms with Crippen molar-refractivity contribution in [2.24, 2.45) is 0 Å². The summed E-state index contributed by atoms with van der Waals surface area (Å²) in [7, 11) is 1.56. The molecule has 2 N–H and O–H groups in total. The maximum atomic E-state index is 11.6. The average molecular weight is 294 g/mol. The van der Waals surface area contributed by atoms with E-state index in [-0.39, 0.29) is 22.4 Å². The molecule has 0 saturated carbocycles. The molecule has 0 radical (unpaired) electrons. The molecule has 1 aromatic rings. The minimum absolute atomic E-state index is 0.0375. The van der Waals surface area contributed by atoms with Gasteiger partial charge < -0.3 is 15.4 Å². The number of carbonyl (C=O) groups excluding carboxylic acids is 1. The van der Waals surface area contributed by atoms with E-state index >= 15 is 0 Å². The second kappa shape index (κ2) is 7.30. The first-order valence-corrected chi connectivity index (χ1v) is 5.88. The Bertz CT molecular complexity index is 398. The van der Waals surface area contributed by atoms with Gasteiger partial charge in [-0.2, -0.15) is 15.0 Å². The summed E-state index contributed by atoms with van der Waals surface area (Å²) >= 11 is 11.2. The van der Waals surface area contributed by atoms with Gasteiger partial charge in [0.25, 0.3) is 0 Å². The fourth-order valence-corrected chi connectivity index (χ4v) is 1.44. The summed E-state index contributed by atoms with van der Waals surface area (Å²) in [5, 5.41) is 5.36. The lowest BCUT2D eigenvalue weighted by Gasteiger charge is -2.13. The van der Waals surface area contributed by atoms with Crippen LogP contribution in [-0.4, -0.2) is 47.2 Å². The molecule has 9 heteroatoms. The number of ether oxygens (including phenoxy) is 1. The van der Waals surface area contributed by atoms with Crippen molar-refractivity contribution in [1.82, 2.24) is 20.3 Å². The Labute approximate surface area is 114 Å². The zero-order valence-corrected chi connectivity index (χ0v) is 11.4. The van der Waals surface area contributed by atoms with Crippen LogP contribution in [0.5, 0.6) is 0 Å². The Morgan fingerprint density at radius 3 is 2.50 bits per heavy atom. The average Bonchev–Trinajstić information content (AvgIpc) is 2.27. The predicted octanol–water partition coefficient (Wildman–Crippen LogP) is 0.741. The van der Waals surface area contributed by atoms with Crippen LogP contribution >= 0.6 is 23.2 Å². The summed E-state index contributed by atoms with van der Waals surface area (Å²) in [6.45, 7) is 2.54. The molecule has 0 aliphatic rings. The SMILES string of the molecule is COCCNC(=O)C(C)Nc1nc(Cl)nc(Cl)n1. The minimum atomic E-state index is -0.531. The van der Waals surface area contributed by atoms with Crippen molar-refractivity contribution >= 4 is 35.1 Å². The van der Waals surface area contributed by atoms with E-state index < -0.39 is 6.04 Å². The first-order valence-electron chi connectivity index (χ1n) is 5.13. The summed E-state index contributed by atoms with van der Waals surface area (Å²) < 4.78 is 4.82. The molecule has 1 atom stereocenters. The van der Waals surface area contributed by atoms with Gasteiger partial charge in [0.2, 0.25) is 22.4 Å². The summed E-state index contributed by atoms with van der Waals surface area (Å²) in [6.07, 6.45) is 0. The fourth-order valence-electron chi connectivity index (χ4n) is 1.08. The normalized spacial score (nSPS) is 12.0. The zero-order chi connectivity index (χ0) is 13.5. The first-order chi connectivity index (χ1) is 8.52. The van der Waals surface area contributed by atoms with Gasteiger partial charge in [-0.1, -0.05) is 0 Å². The lowest BCUT2D eigenvalue weighted by atomic mass is 10.3. The molecular formula is C9H13Cl2N5O2. The third kappa shape index (κ3) is 4.99. The molecule has 0 aromatic carbocycles. The molecule has 1 heterocycles. The van der Waals surface area contributed by atoms with Crippen LogP contribution in [0.15, 0.2) is 0 Å². The molecule has 1 aromatic heterocycles. The van der Waals surface area contributed by atoms with Crippen molar-refractivity contribution in [3.63, 3.8) is 0 Å². The second-order valence-corrected chi connectivity index (χ2v) is 4.02. The van der Waals surface area contributed by atoms with Crippen LogP contribution in [0, 0.1) is 0 Å². The molecule has 0 fully saturated rings. The summed E-state index contributed by atoms with van der Waals surface area (Å²) in [4.78, 5) is 22.8. The number of rotatable bonds is 6. The van der Waals surface area contributed by atoms with E-state index in [1.165, 1.54) is 0 Å². The number of halogens is 2. The quantitative estimate of drug-likeness (QED) is 0.752. The van der Waals surface area contributed by atoms with Crippen LogP contribution in [0.2, 0.25) is 10.6 Å². The van der Waals surface area contributed by atoms with Crippen LogP contribution < -0.4 is 10.6 Å². The smallest absolute Gasteiger partial charge is 0.242 e. The molecule has 1 amide bonds. The fraction of sp³-hybridized carbons (Fsp3) is 0.556. The number of hydrogen-bond donors (Lipinski definition) is 2. The number of hydrogen-bond acceptors (Lipinski definition) is 6. The van der Waals surface area contributed by atoms with Crippen molar-refractivity contribution in [2.75, 3.05) is 25.6 Å². The molecule has 100 valence electrons. The number of carbonyl (C=O) groups is 1. The first kappa shape index (κ1) is 14.9. The second-order valence-electron chi connectivity index (χ2n) is 3.35. The number of methoxy groups -OCH3 is 1. The maximum Gasteiger partial charge on any atom is 0.242 e. The van der Waals surface area contributed by atoms with Gasteiger partial charge in [-0.15, -0.1) is 0 Å². The number of nitrogens with zero attached hydrogens (tertiary/aromatic N) is 3. The standard InChI is InChI=1S/C9H13Cl2N5O2/c1-5(6(17)12-3-4-18-2)13-9-15-7(10)14-8(11)16-9/h5H,3-4H2,1-2H3,(H,12,17)(H,13,14,15,16). The molecule has 1 rings (SSSR count). The molecule has 0 aliphatic carbocycles. The Morgan fingerprint density at radius 1 is 1.33 bits per heavy atom. The van der Waals surface area contributed by atoms with Gasteiger partial charge in [0.1, 0.15) is 6.04 Å². The van der Waals surface area contributed by atoms with Gasteiger partial charge in [0, 0.05) is 13.7 Å². The van der Waals surface area contributed by atoms with E-state index in [0.29, 0.717) is 13.2 Å². The lowest BCUT2D eigenvalue weighted by Crippen LogP contribution is -2.39. The van der Waals surface area contributed by atoms with Gasteiger partial charge in [-0.05, 0) is 30.1 Å². The van der Waals surface area contributed by atoms with Crippen LogP contribution in [0.1, 0.15) is 6.92 Å². The van der Waals surface area contributed by atoms with Crippen LogP contribution in [0.3, 0.4) is 0 Å². The van der Waals surface area contributed by atoms with Crippen molar-refractivity contribution in [1.29, 1.82) is 0 Å². The Hall–Kier alpha value is -1.18. The molecule has 0 spiro atoms. The number of amides is 1. The molecule has 7 nitrogen and oxygen atoms in total. The van der Waals surface area contributed by atoms with E-state index in [1.807, 2.05) is 0 Å². The topological polar surface area (TPSA) is 89.0 Å². The number of aromatic nitrogens is 3. The molecule has 0 bridgehead atoms. The van der Waals surface area contributed by atoms with Crippen molar-refractivity contribution < 1.29 is 9.53 Å². The maximum absolute atomic E-state index is 11.6. The predicted molar refractivity (Wildman–Crippen MR) is 67.8 cm³/mol. The largest absolute Gasteiger partial charge is 0.383 e. The van der Waals surface area contributed by atoms with Gasteiger partial charge in [-0.3, -0.25) is 4.79 Å². The third-order valence-electron chi connectivity index (χ3n) is 1.93. The molecule has 0 aliphatic heterocycles. The number of anilines is 1. The summed E-state index contributed by atoms with van der Waals surface area (Å²) in [6, 6.07) is -0.531. The van der Waals surface area contributed by atoms with Crippen molar-refractivity contribution in [3.8, 4) is 0 Å². The van der Waals surface area contributed by atoms with Gasteiger partial charge in [0.15, 0.2) is 0 Å². The minimum Gasteiger partial charge on any atom is -0.383 e. The number of nitrogens with one attached hydrogen (secondary N) is 2. The molecular weight excluding hydrogens is 281 g/mol. The van der Waals surface area contributed by atoms with Crippen LogP contribution in [0.25, 0.3) is 0 Å². The van der Waals surface area contributed by atoms with Gasteiger partial charge >= 0.3 is 0 Å². The summed E-state index contributed by atoms with van der Waals surface area (Å²) in [5.41, 5.74) is 0. The molecule has 1 unspecified atom stereocenters. The van der Waals surface area contributed by atoms with Crippen molar-refractivity contribution in [2.45, 2.75) is 13.0 Å². The van der Waals surface area contributed by atoms with E-state index in [1.54, 1.807) is 14.0 Å². The highest BCUT2D eigenvalue weighted by Gasteiger charge is 2.14. The highest BCUT2D eigenvalue weighted by atomic mass is 35.5. The van der Waals surface area contributed by atoms with E-state index in [2.05, 4.69) is 25.6 Å². The summed E-state index contributed by atoms with van der Waals surface area (Å²) in [5.74, 6) is -0.0610. The highest BCUT2D eigenvalue weighted by molar-refractivity contribution is 6.31. The van der Waals surface area contributed by atoms with E-state index in [4.69, 9.17) is 27.9 Å². The van der Waals surface area contributed by atoms with Crippen LogP contribution in [0.4, 0.5) is 5.95 Å². The van der Waals surface area contributed by atoms with E-state index in [9.17, 15) is 4.79 Å². The highest BCUT2D eigenvalue weighted by Crippen LogP contribution is 2.10. The van der Waals surface area contributed by atoms with Gasteiger partial charge in [0.05, 0.1) is 6.61 Å². The molecule has 18 heavy (non-hydrogen) atoms. The Morgan fingerprint density at radius 2 is 1.94 bits per heavy atom. The zero-order valence-electron chi connectivity index (χ0n) is 9.91. The van der Waals surface area contributed by atoms with Gasteiger partial charge in [-0.25, -0.2) is 0 Å². The van der Waals surface area contributed by atoms with Crippen LogP contribution in [-0.2, 0) is 9.53 Å². The van der Waals surface area contributed by atoms with E-state index in [0.717, 1.165) is 0 Å². The monoisotopic (exact) mass is 293 g/mol. The third-order valence-corrected chi connectivity index (χ3v) is 2.26. The Kier molecular flexibility index (Phi) is 6.03. The molecule has 0 saturated heterocycles.